The predicted octanol–water partition coefficient (Wildman–Crippen LogP) is 1.76. The Morgan fingerprint density at radius 3 is 2.25 bits per heavy atom. The standard InChI is InChI=1S/C5H12OS.ClH/c1-5(7)3-4-6-2;/h5,7H,3-4H2,1-2H3;1H. The van der Waals surface area contributed by atoms with Crippen LogP contribution in [0.5, 0.6) is 0 Å². The average molecular weight is 157 g/mol. The molecule has 0 heterocycles. The zero-order valence-corrected chi connectivity index (χ0v) is 6.97. The predicted molar refractivity (Wildman–Crippen MR) is 42.2 cm³/mol. The smallest absolute Gasteiger partial charge is 0.0472 e. The summed E-state index contributed by atoms with van der Waals surface area (Å²) < 4.78 is 4.80. The summed E-state index contributed by atoms with van der Waals surface area (Å²) in [6, 6.07) is 0. The van der Waals surface area contributed by atoms with Crippen molar-refractivity contribution in [2.24, 2.45) is 0 Å². The van der Waals surface area contributed by atoms with Crippen LogP contribution in [0.3, 0.4) is 0 Å². The molecule has 1 unspecified atom stereocenters. The fourth-order valence-electron chi connectivity index (χ4n) is 0.288. The second-order valence-corrected chi connectivity index (χ2v) is 2.51. The van der Waals surface area contributed by atoms with Gasteiger partial charge in [-0.3, -0.25) is 0 Å². The molecule has 0 aliphatic heterocycles. The van der Waals surface area contributed by atoms with Gasteiger partial charge in [0.25, 0.3) is 0 Å². The van der Waals surface area contributed by atoms with Gasteiger partial charge in [0.05, 0.1) is 0 Å². The number of hydrogen-bond acceptors (Lipinski definition) is 2. The van der Waals surface area contributed by atoms with Gasteiger partial charge in [0, 0.05) is 19.0 Å². The van der Waals surface area contributed by atoms with Crippen molar-refractivity contribution in [3.63, 3.8) is 0 Å². The van der Waals surface area contributed by atoms with Crippen LogP contribution in [0.15, 0.2) is 0 Å². The zero-order valence-electron chi connectivity index (χ0n) is 5.26. The topological polar surface area (TPSA) is 9.23 Å². The maximum atomic E-state index is 4.80. The fraction of sp³-hybridized carbons (Fsp3) is 1.00. The normalized spacial score (nSPS) is 12.4. The molecule has 0 radical (unpaired) electrons. The third-order valence-electron chi connectivity index (χ3n) is 0.740. The number of thiol groups is 1. The first-order valence-corrected chi connectivity index (χ1v) is 2.96. The van der Waals surface area contributed by atoms with Crippen molar-refractivity contribution < 1.29 is 4.74 Å². The molecular formula is C5H13ClOS. The highest BCUT2D eigenvalue weighted by atomic mass is 35.5. The van der Waals surface area contributed by atoms with Crippen LogP contribution >= 0.6 is 25.0 Å². The fourth-order valence-corrected chi connectivity index (χ4v) is 0.394. The molecule has 0 aliphatic carbocycles. The van der Waals surface area contributed by atoms with E-state index in [2.05, 4.69) is 19.6 Å². The highest BCUT2D eigenvalue weighted by Crippen LogP contribution is 1.97. The van der Waals surface area contributed by atoms with Crippen LogP contribution in [0.25, 0.3) is 0 Å². The van der Waals surface area contributed by atoms with Crippen LogP contribution in [-0.4, -0.2) is 19.0 Å². The van der Waals surface area contributed by atoms with Gasteiger partial charge < -0.3 is 4.74 Å². The molecule has 1 atom stereocenters. The Labute approximate surface area is 62.6 Å². The summed E-state index contributed by atoms with van der Waals surface area (Å²) in [7, 11) is 1.70. The highest BCUT2D eigenvalue weighted by molar-refractivity contribution is 7.80. The Bertz CT molecular complexity index is 41.4. The van der Waals surface area contributed by atoms with Crippen molar-refractivity contribution in [3.05, 3.63) is 0 Å². The lowest BCUT2D eigenvalue weighted by Gasteiger charge is -1.99. The zero-order chi connectivity index (χ0) is 5.70. The van der Waals surface area contributed by atoms with E-state index in [0.717, 1.165) is 13.0 Å². The lowest BCUT2D eigenvalue weighted by Crippen LogP contribution is -1.96. The third kappa shape index (κ3) is 9.78. The third-order valence-corrected chi connectivity index (χ3v) is 0.998. The number of hydrogen-bond donors (Lipinski definition) is 1. The van der Waals surface area contributed by atoms with Gasteiger partial charge in [0.2, 0.25) is 0 Å². The Morgan fingerprint density at radius 2 is 2.12 bits per heavy atom. The molecule has 0 rings (SSSR count). The average Bonchev–Trinajstić information content (AvgIpc) is 1.61. The van der Waals surface area contributed by atoms with Crippen molar-refractivity contribution in [2.45, 2.75) is 18.6 Å². The SMILES string of the molecule is COCCC(C)S.Cl. The van der Waals surface area contributed by atoms with Crippen LogP contribution in [0.2, 0.25) is 0 Å². The molecule has 0 aromatic rings. The molecule has 0 spiro atoms. The van der Waals surface area contributed by atoms with Crippen LogP contribution in [0, 0.1) is 0 Å². The van der Waals surface area contributed by atoms with Crippen molar-refractivity contribution >= 4 is 25.0 Å². The van der Waals surface area contributed by atoms with Crippen LogP contribution in [-0.2, 0) is 4.74 Å². The monoisotopic (exact) mass is 156 g/mol. The Morgan fingerprint density at radius 1 is 1.62 bits per heavy atom. The Balaban J connectivity index is 0. The van der Waals surface area contributed by atoms with Crippen molar-refractivity contribution in [3.8, 4) is 0 Å². The summed E-state index contributed by atoms with van der Waals surface area (Å²) in [5.74, 6) is 0. The number of rotatable bonds is 3. The molecular weight excluding hydrogens is 144 g/mol. The molecule has 0 aliphatic rings. The van der Waals surface area contributed by atoms with Crippen molar-refractivity contribution in [1.82, 2.24) is 0 Å². The van der Waals surface area contributed by atoms with E-state index in [1.54, 1.807) is 7.11 Å². The summed E-state index contributed by atoms with van der Waals surface area (Å²) >= 11 is 4.15. The molecule has 0 N–H and O–H groups in total. The molecule has 52 valence electrons. The molecule has 1 nitrogen and oxygen atoms in total. The van der Waals surface area contributed by atoms with E-state index >= 15 is 0 Å². The first-order chi connectivity index (χ1) is 3.27. The van der Waals surface area contributed by atoms with Gasteiger partial charge in [-0.05, 0) is 6.42 Å². The summed E-state index contributed by atoms with van der Waals surface area (Å²) in [6.45, 7) is 2.88. The van der Waals surface area contributed by atoms with E-state index in [0.29, 0.717) is 5.25 Å². The number of ether oxygens (including phenoxy) is 1. The van der Waals surface area contributed by atoms with E-state index < -0.39 is 0 Å². The van der Waals surface area contributed by atoms with Gasteiger partial charge in [-0.15, -0.1) is 12.4 Å². The summed E-state index contributed by atoms with van der Waals surface area (Å²) in [6.07, 6.45) is 1.04. The minimum Gasteiger partial charge on any atom is -0.385 e. The molecule has 0 saturated carbocycles. The van der Waals surface area contributed by atoms with Crippen LogP contribution < -0.4 is 0 Å². The first kappa shape index (κ1) is 11.4. The lowest BCUT2D eigenvalue weighted by molar-refractivity contribution is 0.195. The highest BCUT2D eigenvalue weighted by Gasteiger charge is 1.89. The summed E-state index contributed by atoms with van der Waals surface area (Å²) in [5, 5.41) is 0.472. The van der Waals surface area contributed by atoms with Crippen molar-refractivity contribution in [1.29, 1.82) is 0 Å². The van der Waals surface area contributed by atoms with E-state index in [4.69, 9.17) is 4.74 Å². The number of methoxy groups -OCH3 is 1. The quantitative estimate of drug-likeness (QED) is 0.613. The first-order valence-electron chi connectivity index (χ1n) is 2.44. The molecule has 0 aromatic carbocycles. The molecule has 0 aromatic heterocycles. The van der Waals surface area contributed by atoms with E-state index in [9.17, 15) is 0 Å². The van der Waals surface area contributed by atoms with Crippen molar-refractivity contribution in [2.75, 3.05) is 13.7 Å². The van der Waals surface area contributed by atoms with Gasteiger partial charge in [-0.1, -0.05) is 6.92 Å². The summed E-state index contributed by atoms with van der Waals surface area (Å²) in [5.41, 5.74) is 0. The second-order valence-electron chi connectivity index (χ2n) is 1.63. The molecule has 3 heteroatoms. The van der Waals surface area contributed by atoms with Gasteiger partial charge in [0.1, 0.15) is 0 Å². The maximum Gasteiger partial charge on any atom is 0.0472 e. The minimum atomic E-state index is 0. The van der Waals surface area contributed by atoms with E-state index in [1.165, 1.54) is 0 Å². The van der Waals surface area contributed by atoms with Gasteiger partial charge in [0.15, 0.2) is 0 Å². The molecule has 0 bridgehead atoms. The molecule has 0 amide bonds. The van der Waals surface area contributed by atoms with Crippen LogP contribution in [0.4, 0.5) is 0 Å². The maximum absolute atomic E-state index is 4.80. The summed E-state index contributed by atoms with van der Waals surface area (Å²) in [4.78, 5) is 0. The van der Waals surface area contributed by atoms with Crippen LogP contribution in [0.1, 0.15) is 13.3 Å². The largest absolute Gasteiger partial charge is 0.385 e. The number of halogens is 1. The van der Waals surface area contributed by atoms with Gasteiger partial charge >= 0.3 is 0 Å². The van der Waals surface area contributed by atoms with Gasteiger partial charge in [-0.25, -0.2) is 0 Å². The molecule has 0 fully saturated rings. The lowest BCUT2D eigenvalue weighted by atomic mass is 10.3. The molecule has 0 saturated heterocycles. The van der Waals surface area contributed by atoms with E-state index in [-0.39, 0.29) is 12.4 Å². The second kappa shape index (κ2) is 7.60. The Kier molecular flexibility index (Phi) is 10.8. The molecule has 8 heavy (non-hydrogen) atoms. The van der Waals surface area contributed by atoms with E-state index in [1.807, 2.05) is 0 Å². The van der Waals surface area contributed by atoms with Gasteiger partial charge in [-0.2, -0.15) is 12.6 Å². The minimum absolute atomic E-state index is 0. The Hall–Kier alpha value is 0.600.